The molecule has 0 saturated heterocycles. The molecule has 4 fully saturated rings. The van der Waals surface area contributed by atoms with Gasteiger partial charge in [-0.15, -0.1) is 0 Å². The molecule has 0 unspecified atom stereocenters. The maximum Gasteiger partial charge on any atom is 0.306 e. The predicted molar refractivity (Wildman–Crippen MR) is 269 cm³/mol. The fraction of sp³-hybridized carbons (Fsp3) is 0.418. The second-order valence-electron chi connectivity index (χ2n) is 21.3. The summed E-state index contributed by atoms with van der Waals surface area (Å²) in [4.78, 5) is 49.7. The fourth-order valence-electron chi connectivity index (χ4n) is 11.9. The first kappa shape index (κ1) is 51.5. The second-order valence-corrected chi connectivity index (χ2v) is 25.1. The monoisotopic (exact) mass is 1010 g/mol. The van der Waals surface area contributed by atoms with Crippen LogP contribution < -0.4 is 5.14 Å². The lowest BCUT2D eigenvalue weighted by molar-refractivity contribution is -0.157. The third-order valence-electron chi connectivity index (χ3n) is 15.1. The molecule has 10 rings (SSSR count). The number of aliphatic carboxylic acids is 1. The molecular weight excluding hydrogens is 949 g/mol. The van der Waals surface area contributed by atoms with E-state index in [4.69, 9.17) is 5.11 Å². The van der Waals surface area contributed by atoms with Gasteiger partial charge in [0, 0.05) is 72.4 Å². The number of halogens is 2. The Labute approximate surface area is 413 Å². The van der Waals surface area contributed by atoms with Gasteiger partial charge in [-0.2, -0.15) is 0 Å². The molecule has 2 heterocycles. The van der Waals surface area contributed by atoms with Crippen LogP contribution >= 0.6 is 0 Å². The smallest absolute Gasteiger partial charge is 0.306 e. The van der Waals surface area contributed by atoms with Gasteiger partial charge < -0.3 is 14.2 Å². The average molecular weight is 1010 g/mol. The number of nitrogens with zero attached hydrogens (tertiary/aromatic N) is 2. The zero-order chi connectivity index (χ0) is 51.2. The van der Waals surface area contributed by atoms with Gasteiger partial charge in [0.2, 0.25) is 10.0 Å². The minimum atomic E-state index is -3.29. The number of carbonyl (C=O) groups is 4. The molecule has 4 aliphatic rings. The van der Waals surface area contributed by atoms with Crippen molar-refractivity contribution in [1.29, 1.82) is 0 Å². The van der Waals surface area contributed by atoms with Crippen molar-refractivity contribution in [2.24, 2.45) is 39.6 Å². The van der Waals surface area contributed by atoms with Crippen LogP contribution in [0.2, 0.25) is 0 Å². The van der Waals surface area contributed by atoms with Crippen LogP contribution in [0, 0.1) is 60.0 Å². The van der Waals surface area contributed by atoms with Crippen molar-refractivity contribution in [1.82, 2.24) is 9.13 Å². The Morgan fingerprint density at radius 2 is 0.958 bits per heavy atom. The number of Topliss-reactive ketones (excluding diaryl/α,β-unsaturated/α-hetero) is 3. The van der Waals surface area contributed by atoms with Crippen LogP contribution in [0.4, 0.5) is 8.78 Å². The van der Waals surface area contributed by atoms with Crippen molar-refractivity contribution in [3.8, 4) is 0 Å². The van der Waals surface area contributed by atoms with Gasteiger partial charge >= 0.3 is 5.97 Å². The molecule has 2 spiro atoms. The standard InChI is InChI=1S/C28H30FNO4S.C26H26FNO3.CH5NO2S/c1-18-3-5-19(6-4-18)16-30-10-9-22-24(29)8-7-23(27(22)30)25(31)11-20-12-28(13-20)14-21(15-28)26(32)17-35(2,33)34;1-16-2-4-17(5-3-16)15-28-9-8-20-22(27)7-6-21(24(20)28)23(29)10-18-11-26(12-18)13-19(14-26)25(30)31;1-5(2,3)4/h3-10,20-21H,11-17H2,1-2H3;2-9,18-19H,10-15H2,1H3,(H,30,31);1H3,(H2,2,3,4). The van der Waals surface area contributed by atoms with Crippen molar-refractivity contribution in [3.63, 3.8) is 0 Å². The Morgan fingerprint density at radius 1 is 0.592 bits per heavy atom. The molecule has 0 atom stereocenters. The summed E-state index contributed by atoms with van der Waals surface area (Å²) in [5.74, 6) is -1.68. The molecule has 6 aromatic rings. The highest BCUT2D eigenvalue weighted by molar-refractivity contribution is 7.91. The predicted octanol–water partition coefficient (Wildman–Crippen LogP) is 9.64. The van der Waals surface area contributed by atoms with Gasteiger partial charge in [0.15, 0.2) is 27.2 Å². The van der Waals surface area contributed by atoms with Gasteiger partial charge in [-0.3, -0.25) is 19.2 Å². The third kappa shape index (κ3) is 12.1. The van der Waals surface area contributed by atoms with E-state index >= 15 is 0 Å². The Bertz CT molecular complexity index is 3230. The van der Waals surface area contributed by atoms with Crippen LogP contribution in [0.1, 0.15) is 107 Å². The third-order valence-corrected chi connectivity index (χ3v) is 15.9. The summed E-state index contributed by atoms with van der Waals surface area (Å²) in [7, 11) is -6.46. The molecule has 16 heteroatoms. The van der Waals surface area contributed by atoms with Crippen molar-refractivity contribution in [3.05, 3.63) is 142 Å². The number of carbonyl (C=O) groups excluding carboxylic acids is 3. The number of primary sulfonamides is 1. The summed E-state index contributed by atoms with van der Waals surface area (Å²) < 4.78 is 74.5. The summed E-state index contributed by atoms with van der Waals surface area (Å²) in [6.07, 6.45) is 13.1. The minimum absolute atomic E-state index is 0.0164. The van der Waals surface area contributed by atoms with Gasteiger partial charge in [-0.25, -0.2) is 30.8 Å². The lowest BCUT2D eigenvalue weighted by Crippen LogP contribution is -2.50. The average Bonchev–Trinajstić information content (AvgIpc) is 3.85. The highest BCUT2D eigenvalue weighted by Crippen LogP contribution is 2.63. The first-order valence-electron chi connectivity index (χ1n) is 24.0. The van der Waals surface area contributed by atoms with E-state index in [0.717, 1.165) is 75.0 Å². The molecule has 376 valence electrons. The van der Waals surface area contributed by atoms with E-state index < -0.39 is 25.8 Å². The normalized spacial score (nSPS) is 23.3. The number of nitrogens with two attached hydrogens (primary N) is 1. The van der Waals surface area contributed by atoms with E-state index in [1.807, 2.05) is 59.6 Å². The van der Waals surface area contributed by atoms with Crippen LogP contribution in [-0.2, 0) is 42.5 Å². The number of hydrogen-bond acceptors (Lipinski definition) is 8. The Morgan fingerprint density at radius 3 is 1.31 bits per heavy atom. The Hall–Kier alpha value is -5.84. The molecule has 4 aromatic carbocycles. The number of rotatable bonds is 14. The molecule has 3 N–H and O–H groups in total. The van der Waals surface area contributed by atoms with Crippen LogP contribution in [0.25, 0.3) is 21.8 Å². The lowest BCUT2D eigenvalue weighted by atomic mass is 9.47. The van der Waals surface area contributed by atoms with E-state index in [1.165, 1.54) is 23.3 Å². The number of sulfone groups is 1. The van der Waals surface area contributed by atoms with Crippen molar-refractivity contribution in [2.45, 2.75) is 91.1 Å². The SMILES string of the molecule is CS(N)(=O)=O.Cc1ccc(Cn2ccc3c(F)ccc(C(=O)CC4CC5(C4)CC(C(=O)CS(C)(=O)=O)C5)c32)cc1.Cc1ccc(Cn2ccc3c(F)ccc(C(=O)CC4CC5(C4)CC(C(=O)O)C5)c32)cc1. The largest absolute Gasteiger partial charge is 0.481 e. The number of carboxylic acids is 1. The van der Waals surface area contributed by atoms with E-state index in [-0.39, 0.29) is 63.3 Å². The number of aromatic nitrogens is 2. The maximum absolute atomic E-state index is 14.5. The molecular formula is C55H61F2N3O9S2. The van der Waals surface area contributed by atoms with Gasteiger partial charge in [-0.1, -0.05) is 59.7 Å². The van der Waals surface area contributed by atoms with Gasteiger partial charge in [-0.05, 0) is 135 Å². The summed E-state index contributed by atoms with van der Waals surface area (Å²) in [5.41, 5.74) is 7.21. The van der Waals surface area contributed by atoms with Gasteiger partial charge in [0.1, 0.15) is 17.4 Å². The number of sulfonamides is 1. The Kier molecular flexibility index (Phi) is 14.5. The van der Waals surface area contributed by atoms with Gasteiger partial charge in [0.25, 0.3) is 0 Å². The number of fused-ring (bicyclic) bond motifs is 2. The number of ketones is 3. The molecule has 0 aliphatic heterocycles. The summed E-state index contributed by atoms with van der Waals surface area (Å²) >= 11 is 0. The summed E-state index contributed by atoms with van der Waals surface area (Å²) in [5, 5.41) is 14.4. The van der Waals surface area contributed by atoms with E-state index in [1.54, 1.807) is 24.3 Å². The molecule has 12 nitrogen and oxygen atoms in total. The molecule has 0 bridgehead atoms. The lowest BCUT2D eigenvalue weighted by Gasteiger charge is -2.57. The molecule has 2 aromatic heterocycles. The van der Waals surface area contributed by atoms with Crippen LogP contribution in [0.3, 0.4) is 0 Å². The highest BCUT2D eigenvalue weighted by atomic mass is 32.2. The van der Waals surface area contributed by atoms with E-state index in [2.05, 4.69) is 29.4 Å². The molecule has 0 radical (unpaired) electrons. The topological polar surface area (TPSA) is 193 Å². The van der Waals surface area contributed by atoms with Crippen LogP contribution in [0.5, 0.6) is 0 Å². The van der Waals surface area contributed by atoms with Crippen molar-refractivity contribution < 1.29 is 49.9 Å². The zero-order valence-electron chi connectivity index (χ0n) is 40.5. The number of hydrogen-bond donors (Lipinski definition) is 2. The van der Waals surface area contributed by atoms with Crippen LogP contribution in [0.15, 0.2) is 97.3 Å². The molecule has 0 amide bonds. The van der Waals surface area contributed by atoms with E-state index in [9.17, 15) is 44.8 Å². The first-order valence-corrected chi connectivity index (χ1v) is 28.0. The number of carboxylic acid groups (broad SMARTS) is 1. The van der Waals surface area contributed by atoms with Gasteiger partial charge in [0.05, 0.1) is 23.2 Å². The van der Waals surface area contributed by atoms with Crippen molar-refractivity contribution in [2.75, 3.05) is 18.3 Å². The zero-order valence-corrected chi connectivity index (χ0v) is 42.1. The van der Waals surface area contributed by atoms with E-state index in [0.29, 0.717) is 64.8 Å². The number of benzene rings is 4. The first-order chi connectivity index (χ1) is 33.4. The quantitative estimate of drug-likeness (QED) is 0.100. The maximum atomic E-state index is 14.5. The highest BCUT2D eigenvalue weighted by Gasteiger charge is 2.56. The molecule has 71 heavy (non-hydrogen) atoms. The number of aryl methyl sites for hydroxylation is 2. The van der Waals surface area contributed by atoms with Crippen LogP contribution in [-0.4, -0.2) is 72.7 Å². The summed E-state index contributed by atoms with van der Waals surface area (Å²) in [6.45, 7) is 5.21. The van der Waals surface area contributed by atoms with Crippen molar-refractivity contribution >= 4 is 65.0 Å². The Balaban J connectivity index is 0.000000175. The minimum Gasteiger partial charge on any atom is -0.481 e. The molecule has 4 aliphatic carbocycles. The molecule has 4 saturated carbocycles. The second kappa shape index (κ2) is 20.0. The summed E-state index contributed by atoms with van der Waals surface area (Å²) in [6, 6.07) is 25.8. The fourth-order valence-corrected chi connectivity index (χ4v) is 12.6.